The summed E-state index contributed by atoms with van der Waals surface area (Å²) in [5.74, 6) is 0.571. The van der Waals surface area contributed by atoms with Gasteiger partial charge in [0.25, 0.3) is 0 Å². The van der Waals surface area contributed by atoms with Crippen molar-refractivity contribution in [3.05, 3.63) is 0 Å². The average Bonchev–Trinajstić information content (AvgIpc) is 2.70. The monoisotopic (exact) mass is 248 g/mol. The number of nitrogens with zero attached hydrogens (tertiary/aromatic N) is 1. The Morgan fingerprint density at radius 3 is 2.44 bits per heavy atom. The second-order valence-electron chi connectivity index (χ2n) is 4.84. The van der Waals surface area contributed by atoms with Gasteiger partial charge in [-0.05, 0) is 32.7 Å². The Morgan fingerprint density at radius 2 is 1.94 bits per heavy atom. The molecule has 0 bridgehead atoms. The molecule has 16 heavy (non-hydrogen) atoms. The van der Waals surface area contributed by atoms with Crippen LogP contribution in [0.15, 0.2) is 0 Å². The highest BCUT2D eigenvalue weighted by Gasteiger charge is 2.28. The zero-order chi connectivity index (χ0) is 12.2. The Bertz CT molecular complexity index is 297. The van der Waals surface area contributed by atoms with E-state index in [1.165, 1.54) is 25.7 Å². The molecule has 0 aromatic rings. The molecular formula is C11H24N2O2S. The van der Waals surface area contributed by atoms with Crippen molar-refractivity contribution in [2.75, 3.05) is 27.2 Å². The highest BCUT2D eigenvalue weighted by molar-refractivity contribution is 7.89. The number of hydrogen-bond donors (Lipinski definition) is 1. The van der Waals surface area contributed by atoms with E-state index in [1.54, 1.807) is 25.3 Å². The van der Waals surface area contributed by atoms with Crippen LogP contribution in [-0.4, -0.2) is 45.2 Å². The van der Waals surface area contributed by atoms with E-state index in [-0.39, 0.29) is 5.25 Å². The van der Waals surface area contributed by atoms with Crippen LogP contribution in [0, 0.1) is 5.92 Å². The summed E-state index contributed by atoms with van der Waals surface area (Å²) in [6, 6.07) is 0. The first kappa shape index (κ1) is 13.9. The molecular weight excluding hydrogens is 224 g/mol. The van der Waals surface area contributed by atoms with Gasteiger partial charge >= 0.3 is 0 Å². The Balaban J connectivity index is 2.53. The predicted octanol–water partition coefficient (Wildman–Crippen LogP) is 1.05. The minimum Gasteiger partial charge on any atom is -0.318 e. The van der Waals surface area contributed by atoms with E-state index in [4.69, 9.17) is 0 Å². The molecule has 96 valence electrons. The largest absolute Gasteiger partial charge is 0.318 e. The number of hydrogen-bond acceptors (Lipinski definition) is 3. The minimum absolute atomic E-state index is 0.344. The molecule has 1 atom stereocenters. The summed E-state index contributed by atoms with van der Waals surface area (Å²) in [6.07, 6.45) is 4.87. The summed E-state index contributed by atoms with van der Waals surface area (Å²) in [7, 11) is 0.371. The van der Waals surface area contributed by atoms with Gasteiger partial charge < -0.3 is 5.32 Å². The number of sulfonamides is 1. The molecule has 1 aliphatic carbocycles. The lowest BCUT2D eigenvalue weighted by Crippen LogP contribution is -2.41. The fourth-order valence-corrected chi connectivity index (χ4v) is 3.77. The van der Waals surface area contributed by atoms with Crippen molar-refractivity contribution < 1.29 is 8.42 Å². The zero-order valence-corrected chi connectivity index (χ0v) is 11.4. The summed E-state index contributed by atoms with van der Waals surface area (Å²) in [4.78, 5) is 0. The van der Waals surface area contributed by atoms with Crippen molar-refractivity contribution in [1.82, 2.24) is 9.62 Å². The van der Waals surface area contributed by atoms with Gasteiger partial charge in [-0.3, -0.25) is 0 Å². The second kappa shape index (κ2) is 5.98. The lowest BCUT2D eigenvalue weighted by atomic mass is 10.1. The highest BCUT2D eigenvalue weighted by atomic mass is 32.2. The van der Waals surface area contributed by atoms with E-state index in [0.29, 0.717) is 19.0 Å². The van der Waals surface area contributed by atoms with Crippen LogP contribution in [0.4, 0.5) is 0 Å². The van der Waals surface area contributed by atoms with E-state index in [1.807, 2.05) is 0 Å². The van der Waals surface area contributed by atoms with Gasteiger partial charge in [0.1, 0.15) is 0 Å². The summed E-state index contributed by atoms with van der Waals surface area (Å²) < 4.78 is 25.7. The minimum atomic E-state index is -3.12. The zero-order valence-electron chi connectivity index (χ0n) is 10.6. The molecule has 0 spiro atoms. The van der Waals surface area contributed by atoms with Gasteiger partial charge in [0, 0.05) is 20.1 Å². The van der Waals surface area contributed by atoms with E-state index < -0.39 is 10.0 Å². The van der Waals surface area contributed by atoms with Crippen LogP contribution in [-0.2, 0) is 10.0 Å². The van der Waals surface area contributed by atoms with E-state index in [0.717, 1.165) is 0 Å². The van der Waals surface area contributed by atoms with Crippen molar-refractivity contribution >= 4 is 10.0 Å². The first-order valence-electron chi connectivity index (χ1n) is 6.08. The predicted molar refractivity (Wildman–Crippen MR) is 66.9 cm³/mol. The molecule has 0 amide bonds. The molecule has 1 rings (SSSR count). The topological polar surface area (TPSA) is 49.4 Å². The molecule has 5 heteroatoms. The molecule has 1 saturated carbocycles. The van der Waals surface area contributed by atoms with Crippen LogP contribution in [0.5, 0.6) is 0 Å². The Kier molecular flexibility index (Phi) is 5.21. The van der Waals surface area contributed by atoms with E-state index >= 15 is 0 Å². The molecule has 0 radical (unpaired) electrons. The number of rotatable bonds is 6. The van der Waals surface area contributed by atoms with E-state index in [2.05, 4.69) is 5.32 Å². The summed E-state index contributed by atoms with van der Waals surface area (Å²) in [5.41, 5.74) is 0. The van der Waals surface area contributed by atoms with Crippen molar-refractivity contribution in [3.63, 3.8) is 0 Å². The van der Waals surface area contributed by atoms with Crippen molar-refractivity contribution in [2.45, 2.75) is 37.9 Å². The van der Waals surface area contributed by atoms with Crippen LogP contribution in [0.1, 0.15) is 32.6 Å². The van der Waals surface area contributed by atoms with Gasteiger partial charge in [-0.2, -0.15) is 0 Å². The van der Waals surface area contributed by atoms with Crippen LogP contribution in [0.3, 0.4) is 0 Å². The lowest BCUT2D eigenvalue weighted by Gasteiger charge is -2.24. The smallest absolute Gasteiger partial charge is 0.217 e. The quantitative estimate of drug-likeness (QED) is 0.764. The van der Waals surface area contributed by atoms with E-state index in [9.17, 15) is 8.42 Å². The van der Waals surface area contributed by atoms with Gasteiger partial charge in [-0.1, -0.05) is 12.8 Å². The third-order valence-corrected chi connectivity index (χ3v) is 5.63. The normalized spacial score (nSPS) is 20.5. The van der Waals surface area contributed by atoms with Gasteiger partial charge in [0.05, 0.1) is 5.25 Å². The first-order chi connectivity index (χ1) is 7.48. The molecule has 1 aliphatic rings. The van der Waals surface area contributed by atoms with Crippen LogP contribution in [0.25, 0.3) is 0 Å². The number of nitrogens with one attached hydrogen (secondary N) is 1. The summed E-state index contributed by atoms with van der Waals surface area (Å²) in [6.45, 7) is 2.96. The van der Waals surface area contributed by atoms with Crippen molar-refractivity contribution in [3.8, 4) is 0 Å². The van der Waals surface area contributed by atoms with Crippen LogP contribution < -0.4 is 5.32 Å². The molecule has 0 aromatic heterocycles. The fourth-order valence-electron chi connectivity index (χ4n) is 2.36. The van der Waals surface area contributed by atoms with Gasteiger partial charge in [-0.25, -0.2) is 12.7 Å². The molecule has 0 heterocycles. The third-order valence-electron chi connectivity index (χ3n) is 3.42. The maximum Gasteiger partial charge on any atom is 0.217 e. The molecule has 0 aliphatic heterocycles. The molecule has 0 saturated heterocycles. The fraction of sp³-hybridized carbons (Fsp3) is 1.00. The third kappa shape index (κ3) is 3.43. The SMILES string of the molecule is CNCC(C)S(=O)(=O)N(C)CC1CCCC1. The maximum atomic E-state index is 12.1. The van der Waals surface area contributed by atoms with Crippen molar-refractivity contribution in [1.29, 1.82) is 0 Å². The van der Waals surface area contributed by atoms with Gasteiger partial charge in [0.2, 0.25) is 10.0 Å². The second-order valence-corrected chi connectivity index (χ2v) is 7.30. The molecule has 1 unspecified atom stereocenters. The standard InChI is InChI=1S/C11H24N2O2S/c1-10(8-12-2)16(14,15)13(3)9-11-6-4-5-7-11/h10-12H,4-9H2,1-3H3. The Morgan fingerprint density at radius 1 is 1.38 bits per heavy atom. The molecule has 1 fully saturated rings. The summed E-state index contributed by atoms with van der Waals surface area (Å²) >= 11 is 0. The Hall–Kier alpha value is -0.130. The highest BCUT2D eigenvalue weighted by Crippen LogP contribution is 2.26. The molecule has 4 nitrogen and oxygen atoms in total. The van der Waals surface area contributed by atoms with Gasteiger partial charge in [0.15, 0.2) is 0 Å². The van der Waals surface area contributed by atoms with Gasteiger partial charge in [-0.15, -0.1) is 0 Å². The maximum absolute atomic E-state index is 12.1. The lowest BCUT2D eigenvalue weighted by molar-refractivity contribution is 0.382. The van der Waals surface area contributed by atoms with Crippen LogP contribution in [0.2, 0.25) is 0 Å². The average molecular weight is 248 g/mol. The van der Waals surface area contributed by atoms with Crippen LogP contribution >= 0.6 is 0 Å². The van der Waals surface area contributed by atoms with Crippen molar-refractivity contribution in [2.24, 2.45) is 5.92 Å². The summed E-state index contributed by atoms with van der Waals surface area (Å²) in [5, 5.41) is 2.57. The Labute approximate surface area is 99.5 Å². The first-order valence-corrected chi connectivity index (χ1v) is 7.58. The molecule has 1 N–H and O–H groups in total. The molecule has 0 aromatic carbocycles.